The van der Waals surface area contributed by atoms with Crippen LogP contribution in [0.5, 0.6) is 0 Å². The minimum Gasteiger partial charge on any atom is -0.480 e. The minimum absolute atomic E-state index is 0.000333. The molecule has 2 heterocycles. The van der Waals surface area contributed by atoms with Gasteiger partial charge < -0.3 is 9.63 Å². The molecule has 1 aliphatic rings. The fraction of sp³-hybridized carbons (Fsp3) is 0.438. The van der Waals surface area contributed by atoms with Gasteiger partial charge in [0.2, 0.25) is 11.7 Å². The van der Waals surface area contributed by atoms with Crippen LogP contribution < -0.4 is 0 Å². The van der Waals surface area contributed by atoms with Crippen molar-refractivity contribution >= 4 is 5.97 Å². The maximum atomic E-state index is 13.3. The Morgan fingerprint density at radius 1 is 1.52 bits per heavy atom. The van der Waals surface area contributed by atoms with Crippen LogP contribution in [-0.4, -0.2) is 45.2 Å². The third-order valence-electron chi connectivity index (χ3n) is 4.23. The lowest BCUT2D eigenvalue weighted by molar-refractivity contribution is -0.143. The maximum Gasteiger partial charge on any atom is 0.320 e. The molecular weight excluding hydrogens is 301 g/mol. The minimum atomic E-state index is -0.836. The van der Waals surface area contributed by atoms with E-state index in [0.717, 1.165) is 19.4 Å². The zero-order chi connectivity index (χ0) is 16.4. The van der Waals surface area contributed by atoms with Gasteiger partial charge in [0.1, 0.15) is 11.9 Å². The largest absolute Gasteiger partial charge is 0.480 e. The molecule has 122 valence electrons. The molecule has 0 spiro atoms. The predicted octanol–water partition coefficient (Wildman–Crippen LogP) is 2.53. The molecule has 2 atom stereocenters. The van der Waals surface area contributed by atoms with E-state index in [4.69, 9.17) is 9.63 Å². The molecule has 1 aromatic carbocycles. The number of carboxylic acids is 1. The first kappa shape index (κ1) is 15.6. The lowest BCUT2D eigenvalue weighted by atomic mass is 9.97. The van der Waals surface area contributed by atoms with Crippen LogP contribution >= 0.6 is 0 Å². The van der Waals surface area contributed by atoms with Crippen molar-refractivity contribution in [1.29, 1.82) is 0 Å². The Morgan fingerprint density at radius 2 is 2.35 bits per heavy atom. The summed E-state index contributed by atoms with van der Waals surface area (Å²) in [5.74, 6) is -0.362. The third-order valence-corrected chi connectivity index (χ3v) is 4.23. The number of likely N-dealkylation sites (tertiary alicyclic amines) is 1. The maximum absolute atomic E-state index is 13.3. The number of aliphatic carboxylic acids is 1. The number of hydrogen-bond acceptors (Lipinski definition) is 5. The lowest BCUT2D eigenvalue weighted by Gasteiger charge is -2.33. The Morgan fingerprint density at radius 3 is 3.09 bits per heavy atom. The van der Waals surface area contributed by atoms with Gasteiger partial charge in [-0.2, -0.15) is 4.98 Å². The van der Waals surface area contributed by atoms with E-state index in [1.165, 1.54) is 12.1 Å². The fourth-order valence-electron chi connectivity index (χ4n) is 2.86. The van der Waals surface area contributed by atoms with Crippen molar-refractivity contribution in [2.75, 3.05) is 13.1 Å². The zero-order valence-electron chi connectivity index (χ0n) is 12.8. The number of rotatable bonds is 4. The van der Waals surface area contributed by atoms with Gasteiger partial charge >= 0.3 is 5.97 Å². The molecule has 1 aromatic heterocycles. The molecular formula is C16H18FN3O3. The van der Waals surface area contributed by atoms with Crippen LogP contribution in [-0.2, 0) is 4.79 Å². The van der Waals surface area contributed by atoms with E-state index in [-0.39, 0.29) is 11.7 Å². The molecule has 7 heteroatoms. The number of halogens is 1. The summed E-state index contributed by atoms with van der Waals surface area (Å²) in [5, 5.41) is 13.1. The van der Waals surface area contributed by atoms with Gasteiger partial charge in [-0.15, -0.1) is 0 Å². The predicted molar refractivity (Wildman–Crippen MR) is 80.3 cm³/mol. The van der Waals surface area contributed by atoms with Gasteiger partial charge in [0, 0.05) is 12.1 Å². The summed E-state index contributed by atoms with van der Waals surface area (Å²) in [6, 6.07) is 5.49. The standard InChI is InChI=1S/C16H18FN3O3/c1-10(16(21)22)20-7-3-5-12(9-20)15-18-14(19-23-15)11-4-2-6-13(17)8-11/h2,4,6,8,10,12H,3,5,7,9H2,1H3,(H,21,22). The van der Waals surface area contributed by atoms with Crippen LogP contribution in [0.4, 0.5) is 4.39 Å². The molecule has 1 fully saturated rings. The first-order chi connectivity index (χ1) is 11.0. The van der Waals surface area contributed by atoms with Crippen molar-refractivity contribution in [1.82, 2.24) is 15.0 Å². The van der Waals surface area contributed by atoms with Crippen LogP contribution in [0.2, 0.25) is 0 Å². The summed E-state index contributed by atoms with van der Waals surface area (Å²) in [5.41, 5.74) is 0.562. The Bertz CT molecular complexity index is 703. The first-order valence-electron chi connectivity index (χ1n) is 7.61. The van der Waals surface area contributed by atoms with Crippen molar-refractivity contribution < 1.29 is 18.8 Å². The molecule has 2 unspecified atom stereocenters. The van der Waals surface area contributed by atoms with E-state index in [9.17, 15) is 9.18 Å². The molecule has 1 N–H and O–H groups in total. The van der Waals surface area contributed by atoms with Gasteiger partial charge in [-0.05, 0) is 38.4 Å². The SMILES string of the molecule is CC(C(=O)O)N1CCCC(c2nc(-c3cccc(F)c3)no2)C1. The van der Waals surface area contributed by atoms with Crippen LogP contribution in [0.25, 0.3) is 11.4 Å². The summed E-state index contributed by atoms with van der Waals surface area (Å²) in [6.45, 7) is 2.99. The molecule has 23 heavy (non-hydrogen) atoms. The van der Waals surface area contributed by atoms with Gasteiger partial charge in [-0.25, -0.2) is 4.39 Å². The quantitative estimate of drug-likeness (QED) is 0.933. The van der Waals surface area contributed by atoms with Gasteiger partial charge in [-0.1, -0.05) is 17.3 Å². The van der Waals surface area contributed by atoms with Crippen LogP contribution in [0, 0.1) is 5.82 Å². The van der Waals surface area contributed by atoms with E-state index < -0.39 is 12.0 Å². The van der Waals surface area contributed by atoms with Crippen LogP contribution in [0.3, 0.4) is 0 Å². The number of carbonyl (C=O) groups is 1. The highest BCUT2D eigenvalue weighted by molar-refractivity contribution is 5.72. The second-order valence-corrected chi connectivity index (χ2v) is 5.81. The fourth-order valence-corrected chi connectivity index (χ4v) is 2.86. The topological polar surface area (TPSA) is 79.5 Å². The normalized spacial score (nSPS) is 20.3. The smallest absolute Gasteiger partial charge is 0.320 e. The molecule has 6 nitrogen and oxygen atoms in total. The highest BCUT2D eigenvalue weighted by Gasteiger charge is 2.30. The van der Waals surface area contributed by atoms with E-state index in [2.05, 4.69) is 10.1 Å². The molecule has 3 rings (SSSR count). The number of piperidine rings is 1. The number of hydrogen-bond donors (Lipinski definition) is 1. The monoisotopic (exact) mass is 319 g/mol. The van der Waals surface area contributed by atoms with Gasteiger partial charge in [0.15, 0.2) is 0 Å². The molecule has 0 radical (unpaired) electrons. The van der Waals surface area contributed by atoms with Crippen molar-refractivity contribution in [3.8, 4) is 11.4 Å². The summed E-state index contributed by atoms with van der Waals surface area (Å²) in [6.07, 6.45) is 1.74. The number of aromatic nitrogens is 2. The molecule has 1 aliphatic heterocycles. The lowest BCUT2D eigenvalue weighted by Crippen LogP contribution is -2.44. The highest BCUT2D eigenvalue weighted by atomic mass is 19.1. The molecule has 0 aliphatic carbocycles. The molecule has 0 bridgehead atoms. The second kappa shape index (κ2) is 6.45. The van der Waals surface area contributed by atoms with Crippen molar-refractivity contribution in [3.63, 3.8) is 0 Å². The molecule has 0 saturated carbocycles. The molecule has 1 saturated heterocycles. The van der Waals surface area contributed by atoms with Gasteiger partial charge in [0.25, 0.3) is 0 Å². The second-order valence-electron chi connectivity index (χ2n) is 5.81. The average Bonchev–Trinajstić information content (AvgIpc) is 3.04. The van der Waals surface area contributed by atoms with Crippen LogP contribution in [0.15, 0.2) is 28.8 Å². The zero-order valence-corrected chi connectivity index (χ0v) is 12.8. The van der Waals surface area contributed by atoms with E-state index in [1.54, 1.807) is 19.1 Å². The van der Waals surface area contributed by atoms with Crippen LogP contribution in [0.1, 0.15) is 31.6 Å². The summed E-state index contributed by atoms with van der Waals surface area (Å²) in [7, 11) is 0. The van der Waals surface area contributed by atoms with E-state index in [1.807, 2.05) is 4.90 Å². The number of benzene rings is 1. The Kier molecular flexibility index (Phi) is 4.38. The van der Waals surface area contributed by atoms with E-state index in [0.29, 0.717) is 23.8 Å². The molecule has 0 amide bonds. The Labute approximate surface area is 132 Å². The summed E-state index contributed by atoms with van der Waals surface area (Å²) < 4.78 is 18.6. The average molecular weight is 319 g/mol. The van der Waals surface area contributed by atoms with Crippen molar-refractivity contribution in [2.24, 2.45) is 0 Å². The summed E-state index contributed by atoms with van der Waals surface area (Å²) in [4.78, 5) is 17.4. The molecule has 2 aromatic rings. The third kappa shape index (κ3) is 3.39. The van der Waals surface area contributed by atoms with E-state index >= 15 is 0 Å². The van der Waals surface area contributed by atoms with Crippen molar-refractivity contribution in [3.05, 3.63) is 36.0 Å². The first-order valence-corrected chi connectivity index (χ1v) is 7.61. The van der Waals surface area contributed by atoms with Gasteiger partial charge in [-0.3, -0.25) is 9.69 Å². The number of nitrogens with zero attached hydrogens (tertiary/aromatic N) is 3. The number of carboxylic acid groups (broad SMARTS) is 1. The summed E-state index contributed by atoms with van der Waals surface area (Å²) >= 11 is 0. The Balaban J connectivity index is 1.76. The highest BCUT2D eigenvalue weighted by Crippen LogP contribution is 2.28. The van der Waals surface area contributed by atoms with Gasteiger partial charge in [0.05, 0.1) is 5.92 Å². The Hall–Kier alpha value is -2.28. The van der Waals surface area contributed by atoms with Crippen molar-refractivity contribution in [2.45, 2.75) is 31.7 Å².